The van der Waals surface area contributed by atoms with E-state index in [-0.39, 0.29) is 11.4 Å². The van der Waals surface area contributed by atoms with Crippen molar-refractivity contribution >= 4 is 31.3 Å². The highest BCUT2D eigenvalue weighted by Crippen LogP contribution is 2.33. The molecule has 0 spiro atoms. The highest BCUT2D eigenvalue weighted by Gasteiger charge is 2.23. The minimum atomic E-state index is -4.25. The summed E-state index contributed by atoms with van der Waals surface area (Å²) in [6.07, 6.45) is 0. The molecule has 0 unspecified atom stereocenters. The lowest BCUT2D eigenvalue weighted by atomic mass is 10.1. The van der Waals surface area contributed by atoms with E-state index in [0.717, 1.165) is 12.1 Å². The minimum absolute atomic E-state index is 0.0672. The standard InChI is InChI=1S/C9H5Cl2F2NO3S/c10-3-5-1-2-7(18(11,15)16)6(4-14)8(5)17-9(12)13/h1-2,9H,3H2. The van der Waals surface area contributed by atoms with Gasteiger partial charge < -0.3 is 4.74 Å². The molecule has 0 aliphatic carbocycles. The van der Waals surface area contributed by atoms with Gasteiger partial charge in [-0.1, -0.05) is 6.07 Å². The number of alkyl halides is 3. The first-order valence-electron chi connectivity index (χ1n) is 4.32. The van der Waals surface area contributed by atoms with Crippen molar-refractivity contribution in [3.8, 4) is 11.8 Å². The number of hydrogen-bond donors (Lipinski definition) is 0. The summed E-state index contributed by atoms with van der Waals surface area (Å²) < 4.78 is 51.0. The highest BCUT2D eigenvalue weighted by molar-refractivity contribution is 8.13. The van der Waals surface area contributed by atoms with Gasteiger partial charge in [0.05, 0.1) is 5.88 Å². The molecular formula is C9H5Cl2F2NO3S. The zero-order chi connectivity index (χ0) is 13.9. The van der Waals surface area contributed by atoms with Crippen LogP contribution in [-0.2, 0) is 14.9 Å². The second-order valence-corrected chi connectivity index (χ2v) is 5.79. The molecule has 0 aromatic heterocycles. The molecule has 9 heteroatoms. The maximum Gasteiger partial charge on any atom is 0.387 e. The number of benzene rings is 1. The fourth-order valence-corrected chi connectivity index (χ4v) is 2.45. The number of halogens is 4. The lowest BCUT2D eigenvalue weighted by molar-refractivity contribution is -0.0506. The Hall–Kier alpha value is -1.10. The summed E-state index contributed by atoms with van der Waals surface area (Å²) in [6.45, 7) is -3.22. The van der Waals surface area contributed by atoms with E-state index in [9.17, 15) is 17.2 Å². The minimum Gasteiger partial charge on any atom is -0.433 e. The maximum atomic E-state index is 12.2. The van der Waals surface area contributed by atoms with E-state index < -0.39 is 31.9 Å². The van der Waals surface area contributed by atoms with E-state index in [0.29, 0.717) is 0 Å². The summed E-state index contributed by atoms with van der Waals surface area (Å²) in [5.74, 6) is -0.802. The molecule has 1 aromatic rings. The molecule has 0 saturated carbocycles. The van der Waals surface area contributed by atoms with Crippen LogP contribution in [-0.4, -0.2) is 15.0 Å². The van der Waals surface area contributed by atoms with E-state index in [1.54, 1.807) is 0 Å². The van der Waals surface area contributed by atoms with Gasteiger partial charge in [0, 0.05) is 16.2 Å². The van der Waals surface area contributed by atoms with Crippen molar-refractivity contribution in [3.05, 3.63) is 23.3 Å². The Kier molecular flexibility index (Phi) is 4.73. The molecule has 4 nitrogen and oxygen atoms in total. The molecule has 0 saturated heterocycles. The summed E-state index contributed by atoms with van der Waals surface area (Å²) in [4.78, 5) is -0.601. The predicted octanol–water partition coefficient (Wildman–Crippen LogP) is 2.83. The summed E-state index contributed by atoms with van der Waals surface area (Å²) >= 11 is 5.49. The van der Waals surface area contributed by atoms with Crippen LogP contribution < -0.4 is 4.74 Å². The first-order chi connectivity index (χ1) is 8.31. The Morgan fingerprint density at radius 3 is 2.44 bits per heavy atom. The molecule has 0 amide bonds. The Bertz CT molecular complexity index is 599. The van der Waals surface area contributed by atoms with Crippen LogP contribution >= 0.6 is 22.3 Å². The zero-order valence-corrected chi connectivity index (χ0v) is 10.9. The van der Waals surface area contributed by atoms with Gasteiger partial charge in [0.25, 0.3) is 9.05 Å². The largest absolute Gasteiger partial charge is 0.433 e. The van der Waals surface area contributed by atoms with Crippen LogP contribution in [0, 0.1) is 11.3 Å². The molecule has 1 rings (SSSR count). The summed E-state index contributed by atoms with van der Waals surface area (Å²) in [7, 11) is 0.844. The second kappa shape index (κ2) is 5.69. The Morgan fingerprint density at radius 2 is 2.06 bits per heavy atom. The molecule has 0 fully saturated rings. The first-order valence-corrected chi connectivity index (χ1v) is 7.17. The van der Waals surface area contributed by atoms with Crippen molar-refractivity contribution in [1.29, 1.82) is 5.26 Å². The smallest absolute Gasteiger partial charge is 0.387 e. The highest BCUT2D eigenvalue weighted by atomic mass is 35.7. The fourth-order valence-electron chi connectivity index (χ4n) is 1.25. The van der Waals surface area contributed by atoms with Gasteiger partial charge in [0.1, 0.15) is 22.3 Å². The van der Waals surface area contributed by atoms with Gasteiger partial charge in [-0.15, -0.1) is 11.6 Å². The molecule has 0 atom stereocenters. The van der Waals surface area contributed by atoms with Gasteiger partial charge in [-0.05, 0) is 6.07 Å². The van der Waals surface area contributed by atoms with E-state index in [1.807, 2.05) is 0 Å². The van der Waals surface area contributed by atoms with Crippen LogP contribution in [0.5, 0.6) is 5.75 Å². The van der Waals surface area contributed by atoms with Gasteiger partial charge >= 0.3 is 6.61 Å². The second-order valence-electron chi connectivity index (χ2n) is 2.99. The van der Waals surface area contributed by atoms with Crippen molar-refractivity contribution < 1.29 is 21.9 Å². The molecule has 0 bridgehead atoms. The Balaban J connectivity index is 3.59. The average Bonchev–Trinajstić information content (AvgIpc) is 2.26. The van der Waals surface area contributed by atoms with Crippen molar-refractivity contribution in [1.82, 2.24) is 0 Å². The summed E-state index contributed by atoms with van der Waals surface area (Å²) in [5, 5.41) is 8.85. The first kappa shape index (κ1) is 15.0. The van der Waals surface area contributed by atoms with Gasteiger partial charge in [-0.3, -0.25) is 0 Å². The third-order valence-electron chi connectivity index (χ3n) is 1.93. The lowest BCUT2D eigenvalue weighted by Crippen LogP contribution is -2.08. The molecule has 18 heavy (non-hydrogen) atoms. The van der Waals surface area contributed by atoms with Crippen molar-refractivity contribution in [2.45, 2.75) is 17.4 Å². The van der Waals surface area contributed by atoms with Gasteiger partial charge in [-0.25, -0.2) is 8.42 Å². The van der Waals surface area contributed by atoms with Crippen LogP contribution in [0.4, 0.5) is 8.78 Å². The summed E-state index contributed by atoms with van der Waals surface area (Å²) in [5.41, 5.74) is -0.527. The predicted molar refractivity (Wildman–Crippen MR) is 60.4 cm³/mol. The topological polar surface area (TPSA) is 67.2 Å². The van der Waals surface area contributed by atoms with Gasteiger partial charge in [0.15, 0.2) is 0 Å². The third kappa shape index (κ3) is 3.22. The monoisotopic (exact) mass is 315 g/mol. The van der Waals surface area contributed by atoms with E-state index in [2.05, 4.69) is 4.74 Å². The fraction of sp³-hybridized carbons (Fsp3) is 0.222. The van der Waals surface area contributed by atoms with Crippen molar-refractivity contribution in [2.75, 3.05) is 0 Å². The average molecular weight is 316 g/mol. The van der Waals surface area contributed by atoms with Crippen LogP contribution in [0.1, 0.15) is 11.1 Å². The Labute approximate surface area is 111 Å². The molecule has 0 radical (unpaired) electrons. The van der Waals surface area contributed by atoms with Crippen LogP contribution in [0.25, 0.3) is 0 Å². The zero-order valence-electron chi connectivity index (χ0n) is 8.53. The summed E-state index contributed by atoms with van der Waals surface area (Å²) in [6, 6.07) is 3.63. The number of nitrogens with zero attached hydrogens (tertiary/aromatic N) is 1. The Morgan fingerprint density at radius 1 is 1.44 bits per heavy atom. The van der Waals surface area contributed by atoms with Crippen LogP contribution in [0.15, 0.2) is 17.0 Å². The normalized spacial score (nSPS) is 11.3. The van der Waals surface area contributed by atoms with E-state index in [1.165, 1.54) is 6.07 Å². The number of nitriles is 1. The van der Waals surface area contributed by atoms with Gasteiger partial charge in [-0.2, -0.15) is 14.0 Å². The molecule has 1 aromatic carbocycles. The molecule has 98 valence electrons. The molecule has 0 N–H and O–H groups in total. The van der Waals surface area contributed by atoms with Crippen molar-refractivity contribution in [3.63, 3.8) is 0 Å². The SMILES string of the molecule is N#Cc1c(S(=O)(=O)Cl)ccc(CCl)c1OC(F)F. The molecule has 0 aliphatic heterocycles. The lowest BCUT2D eigenvalue weighted by Gasteiger charge is -2.12. The molecular weight excluding hydrogens is 311 g/mol. The third-order valence-corrected chi connectivity index (χ3v) is 3.58. The molecule has 0 heterocycles. The van der Waals surface area contributed by atoms with Gasteiger partial charge in [0.2, 0.25) is 0 Å². The van der Waals surface area contributed by atoms with Crippen LogP contribution in [0.3, 0.4) is 0 Å². The van der Waals surface area contributed by atoms with E-state index >= 15 is 0 Å². The van der Waals surface area contributed by atoms with Crippen molar-refractivity contribution in [2.24, 2.45) is 0 Å². The number of ether oxygens (including phenoxy) is 1. The quantitative estimate of drug-likeness (QED) is 0.633. The molecule has 0 aliphatic rings. The van der Waals surface area contributed by atoms with E-state index in [4.69, 9.17) is 27.5 Å². The van der Waals surface area contributed by atoms with Crippen LogP contribution in [0.2, 0.25) is 0 Å². The number of rotatable bonds is 4. The maximum absolute atomic E-state index is 12.2. The number of hydrogen-bond acceptors (Lipinski definition) is 4.